The summed E-state index contributed by atoms with van der Waals surface area (Å²) in [5.74, 6) is 0. The minimum Gasteiger partial charge on any atom is -0.152 e. The van der Waals surface area contributed by atoms with Crippen LogP contribution >= 0.6 is 23.5 Å². The number of rotatable bonds is 2. The molecule has 0 aromatic heterocycles. The van der Waals surface area contributed by atoms with Crippen LogP contribution < -0.4 is 4.58 Å². The van der Waals surface area contributed by atoms with Gasteiger partial charge in [0.1, 0.15) is 0 Å². The van der Waals surface area contributed by atoms with Crippen molar-refractivity contribution in [2.75, 3.05) is 0 Å². The number of hydrogen-bond acceptors (Lipinski definition) is 2. The van der Waals surface area contributed by atoms with Crippen molar-refractivity contribution in [3.05, 3.63) is 138 Å². The molecule has 1 saturated carbocycles. The van der Waals surface area contributed by atoms with Crippen molar-refractivity contribution >= 4 is 40.6 Å². The molecule has 0 spiro atoms. The number of hydrogen-bond donors (Lipinski definition) is 0. The van der Waals surface area contributed by atoms with E-state index in [1.54, 1.807) is 0 Å². The molecular formula is C56H74NS2+. The Labute approximate surface area is 368 Å². The van der Waals surface area contributed by atoms with E-state index in [4.69, 9.17) is 0 Å². The molecule has 0 bridgehead atoms. The number of nitrogens with zero attached hydrogens (tertiary/aromatic N) is 1. The molecule has 3 aliphatic heterocycles. The van der Waals surface area contributed by atoms with Gasteiger partial charge in [-0.15, -0.1) is 0 Å². The first kappa shape index (κ1) is 45.3. The number of allylic oxidation sites excluding steroid dienone is 16. The third-order valence-electron chi connectivity index (χ3n) is 11.8. The topological polar surface area (TPSA) is 3.01 Å². The van der Waals surface area contributed by atoms with Gasteiger partial charge in [0.25, 0.3) is 0 Å². The maximum Gasteiger partial charge on any atom is 0.219 e. The van der Waals surface area contributed by atoms with Gasteiger partial charge in [-0.3, -0.25) is 0 Å². The lowest BCUT2D eigenvalue weighted by molar-refractivity contribution is 0.520. The first-order valence-corrected chi connectivity index (χ1v) is 23.7. The van der Waals surface area contributed by atoms with Crippen LogP contribution in [-0.4, -0.2) is 5.71 Å². The van der Waals surface area contributed by atoms with Gasteiger partial charge in [-0.25, -0.2) is 0 Å². The molecule has 0 N–H and O–H groups in total. The Morgan fingerprint density at radius 3 is 1.03 bits per heavy atom. The quantitative estimate of drug-likeness (QED) is 0.237. The molecule has 0 atom stereocenters. The molecule has 59 heavy (non-hydrogen) atoms. The van der Waals surface area contributed by atoms with Crippen LogP contribution in [0.2, 0.25) is 0 Å². The fourth-order valence-electron chi connectivity index (χ4n) is 7.83. The van der Waals surface area contributed by atoms with Gasteiger partial charge in [0.05, 0.1) is 11.1 Å². The molecule has 1 aliphatic carbocycles. The Kier molecular flexibility index (Phi) is 12.2. The van der Waals surface area contributed by atoms with Crippen molar-refractivity contribution in [3.8, 4) is 11.1 Å². The van der Waals surface area contributed by atoms with Crippen LogP contribution in [0.25, 0.3) is 11.1 Å². The van der Waals surface area contributed by atoms with Crippen LogP contribution in [0, 0.1) is 21.7 Å². The van der Waals surface area contributed by atoms with E-state index in [-0.39, 0.29) is 32.5 Å². The molecule has 3 heterocycles. The summed E-state index contributed by atoms with van der Waals surface area (Å²) in [6.45, 7) is 42.1. The van der Waals surface area contributed by atoms with Crippen molar-refractivity contribution in [3.63, 3.8) is 0 Å². The Morgan fingerprint density at radius 1 is 0.424 bits per heavy atom. The Bertz CT molecular complexity index is 2090. The maximum absolute atomic E-state index is 2.63. The SMILES string of the molecule is CC(C)(C)C1=CC(=C/C=C2\CCC/C(=C\C=C3C=C(C(C)(C)C)SC(C(C)(C)C)=C3)C2=[N+]2c3ccc(C(C)(C)C)cc3-c3cc(C(C)(C)C)ccc32)C=C(C(C)(C)C)S1. The monoisotopic (exact) mass is 825 g/mol. The Hall–Kier alpha value is -3.27. The Balaban J connectivity index is 1.66. The van der Waals surface area contributed by atoms with Gasteiger partial charge >= 0.3 is 0 Å². The lowest BCUT2D eigenvalue weighted by atomic mass is 9.83. The molecule has 314 valence electrons. The summed E-state index contributed by atoms with van der Waals surface area (Å²) in [6, 6.07) is 14.5. The summed E-state index contributed by atoms with van der Waals surface area (Å²) < 4.78 is 2.63. The highest BCUT2D eigenvalue weighted by Crippen LogP contribution is 2.52. The molecule has 3 heteroatoms. The summed E-state index contributed by atoms with van der Waals surface area (Å²) in [6.07, 6.45) is 22.7. The van der Waals surface area contributed by atoms with E-state index < -0.39 is 0 Å². The van der Waals surface area contributed by atoms with Gasteiger partial charge in [0.2, 0.25) is 17.1 Å². The molecule has 0 amide bonds. The third-order valence-corrected chi connectivity index (χ3v) is 15.6. The molecule has 4 aliphatic rings. The summed E-state index contributed by atoms with van der Waals surface area (Å²) in [7, 11) is 0. The van der Waals surface area contributed by atoms with E-state index >= 15 is 0 Å². The van der Waals surface area contributed by atoms with E-state index in [9.17, 15) is 0 Å². The molecule has 1 fully saturated rings. The molecule has 1 nitrogen and oxygen atoms in total. The van der Waals surface area contributed by atoms with E-state index in [1.165, 1.54) is 81.3 Å². The van der Waals surface area contributed by atoms with Crippen LogP contribution in [0.3, 0.4) is 0 Å². The van der Waals surface area contributed by atoms with Crippen molar-refractivity contribution in [1.29, 1.82) is 0 Å². The zero-order valence-corrected chi connectivity index (χ0v) is 41.6. The molecule has 0 unspecified atom stereocenters. The number of fused-ring (bicyclic) bond motifs is 3. The molecule has 0 saturated heterocycles. The van der Waals surface area contributed by atoms with Crippen LogP contribution in [0.4, 0.5) is 11.4 Å². The van der Waals surface area contributed by atoms with E-state index in [1.807, 2.05) is 23.5 Å². The van der Waals surface area contributed by atoms with Gasteiger partial charge in [-0.1, -0.05) is 185 Å². The lowest BCUT2D eigenvalue weighted by Crippen LogP contribution is -2.24. The number of thioether (sulfide) groups is 2. The second-order valence-electron chi connectivity index (χ2n) is 23.5. The van der Waals surface area contributed by atoms with Gasteiger partial charge < -0.3 is 0 Å². The highest BCUT2D eigenvalue weighted by Gasteiger charge is 2.40. The zero-order chi connectivity index (χ0) is 43.7. The smallest absolute Gasteiger partial charge is 0.152 e. The lowest BCUT2D eigenvalue weighted by Gasteiger charge is -2.32. The van der Waals surface area contributed by atoms with E-state index in [0.29, 0.717) is 0 Å². The summed E-state index contributed by atoms with van der Waals surface area (Å²) in [5.41, 5.74) is 15.1. The maximum atomic E-state index is 2.63. The normalized spacial score (nSPS) is 19.7. The van der Waals surface area contributed by atoms with Crippen LogP contribution in [0.5, 0.6) is 0 Å². The predicted molar refractivity (Wildman–Crippen MR) is 267 cm³/mol. The standard InChI is InChI=1S/C56H74NS2/c1-51(2,3)40-26-28-44-42(34-40)43-35-41(52(4,5)6)27-29-45(43)57(44)50-38(24-22-36-30-46(53(7,8)9)58-47(31-36)54(10,11)12)20-19-21-39(50)25-23-37-32-48(55(13,14)15)59-49(33-37)56(16,17)18/h22-35H,19-21H2,1-18H3/q+1/b38-24+,39-25+. The van der Waals surface area contributed by atoms with Crippen LogP contribution in [-0.2, 0) is 10.8 Å². The van der Waals surface area contributed by atoms with Crippen LogP contribution in [0.15, 0.2) is 127 Å². The molecular weight excluding hydrogens is 751 g/mol. The molecule has 0 radical (unpaired) electrons. The highest BCUT2D eigenvalue weighted by atomic mass is 32.2. The minimum absolute atomic E-state index is 0.0466. The fourth-order valence-corrected chi connectivity index (χ4v) is 10.3. The minimum atomic E-state index is 0.0466. The summed E-state index contributed by atoms with van der Waals surface area (Å²) in [4.78, 5) is 5.71. The van der Waals surface area contributed by atoms with Crippen LogP contribution in [0.1, 0.15) is 155 Å². The molecule has 6 rings (SSSR count). The fraction of sp³-hybridized carbons (Fsp3) is 0.482. The predicted octanol–water partition coefficient (Wildman–Crippen LogP) is 17.6. The largest absolute Gasteiger partial charge is 0.219 e. The zero-order valence-electron chi connectivity index (χ0n) is 40.0. The van der Waals surface area contributed by atoms with Crippen molar-refractivity contribution in [2.45, 2.75) is 155 Å². The Morgan fingerprint density at radius 2 is 0.746 bits per heavy atom. The highest BCUT2D eigenvalue weighted by molar-refractivity contribution is 8.07. The second kappa shape index (κ2) is 15.9. The molecule has 2 aromatic rings. The van der Waals surface area contributed by atoms with Crippen molar-refractivity contribution < 1.29 is 0 Å². The van der Waals surface area contributed by atoms with Gasteiger partial charge in [-0.05, 0) is 130 Å². The van der Waals surface area contributed by atoms with Gasteiger partial charge in [0, 0.05) is 23.3 Å². The number of benzene rings is 2. The van der Waals surface area contributed by atoms with E-state index in [0.717, 1.165) is 19.3 Å². The molecule has 2 aromatic carbocycles. The third kappa shape index (κ3) is 10.1. The first-order chi connectivity index (χ1) is 27.0. The van der Waals surface area contributed by atoms with Gasteiger partial charge in [0.15, 0.2) is 0 Å². The average Bonchev–Trinajstić information content (AvgIpc) is 3.43. The summed E-state index contributed by atoms with van der Waals surface area (Å²) in [5, 5.41) is 0. The summed E-state index contributed by atoms with van der Waals surface area (Å²) >= 11 is 3.93. The first-order valence-electron chi connectivity index (χ1n) is 22.1. The average molecular weight is 825 g/mol. The van der Waals surface area contributed by atoms with Crippen molar-refractivity contribution in [1.82, 2.24) is 4.58 Å². The van der Waals surface area contributed by atoms with Gasteiger partial charge in [-0.2, -0.15) is 4.58 Å². The van der Waals surface area contributed by atoms with Crippen molar-refractivity contribution in [2.24, 2.45) is 21.7 Å². The van der Waals surface area contributed by atoms with E-state index in [2.05, 4.69) is 214 Å². The second-order valence-corrected chi connectivity index (χ2v) is 25.6.